The number of nitro groups is 1. The number of hydrogen-bond acceptors (Lipinski definition) is 5. The Labute approximate surface area is 197 Å². The van der Waals surface area contributed by atoms with Crippen molar-refractivity contribution < 1.29 is 14.1 Å². The Bertz CT molecular complexity index is 1480. The summed E-state index contributed by atoms with van der Waals surface area (Å²) in [6, 6.07) is 17.1. The molecule has 7 nitrogen and oxygen atoms in total. The zero-order chi connectivity index (χ0) is 22.6. The molecular weight excluding hydrogens is 544 g/mol. The van der Waals surface area contributed by atoms with Crippen molar-refractivity contribution in [3.8, 4) is 0 Å². The maximum absolute atomic E-state index is 13.6. The Balaban J connectivity index is 1.82. The number of carbonyl (C=O) groups excluding carboxylic acids is 1. The van der Waals surface area contributed by atoms with Gasteiger partial charge in [0.25, 0.3) is 11.6 Å². The highest BCUT2D eigenvalue weighted by Crippen LogP contribution is 2.42. The maximum atomic E-state index is 13.6. The van der Waals surface area contributed by atoms with Crippen molar-refractivity contribution in [2.24, 2.45) is 0 Å². The van der Waals surface area contributed by atoms with Crippen LogP contribution in [0.1, 0.15) is 27.7 Å². The van der Waals surface area contributed by atoms with Crippen molar-refractivity contribution in [2.45, 2.75) is 6.04 Å². The first-order valence-corrected chi connectivity index (χ1v) is 11.0. The number of rotatable bonds is 3. The van der Waals surface area contributed by atoms with Crippen LogP contribution in [0.2, 0.25) is 0 Å². The molecular formula is C23H12Br2N2O5. The van der Waals surface area contributed by atoms with E-state index >= 15 is 0 Å². The number of anilines is 1. The lowest BCUT2D eigenvalue weighted by molar-refractivity contribution is -0.384. The number of carbonyl (C=O) groups is 1. The van der Waals surface area contributed by atoms with E-state index in [-0.39, 0.29) is 22.4 Å². The predicted molar refractivity (Wildman–Crippen MR) is 126 cm³/mol. The standard InChI is InChI=1S/C23H12Br2N2O5/c24-13-4-7-15(8-5-13)26-20(12-2-1-3-16(10-12)27(30)31)19-21(28)17-11-14(25)6-9-18(17)32-22(19)23(26)29/h1-11,20H. The van der Waals surface area contributed by atoms with Crippen LogP contribution >= 0.6 is 31.9 Å². The lowest BCUT2D eigenvalue weighted by Crippen LogP contribution is -2.29. The first-order chi connectivity index (χ1) is 15.3. The molecule has 0 spiro atoms. The summed E-state index contributed by atoms with van der Waals surface area (Å²) in [7, 11) is 0. The van der Waals surface area contributed by atoms with Crippen LogP contribution in [0.25, 0.3) is 11.0 Å². The van der Waals surface area contributed by atoms with Crippen LogP contribution in [0.3, 0.4) is 0 Å². The Morgan fingerprint density at radius 3 is 2.38 bits per heavy atom. The summed E-state index contributed by atoms with van der Waals surface area (Å²) in [5.41, 5.74) is 0.936. The fourth-order valence-corrected chi connectivity index (χ4v) is 4.56. The van der Waals surface area contributed by atoms with Crippen molar-refractivity contribution in [3.05, 3.63) is 113 Å². The average molecular weight is 556 g/mol. The number of amides is 1. The SMILES string of the molecule is O=C1c2oc3ccc(Br)cc3c(=O)c2C(c2cccc([N+](=O)[O-])c2)N1c1ccc(Br)cc1. The molecule has 1 amide bonds. The van der Waals surface area contributed by atoms with Crippen molar-refractivity contribution in [1.29, 1.82) is 0 Å². The Kier molecular flexibility index (Phi) is 4.94. The highest BCUT2D eigenvalue weighted by Gasteiger charge is 2.44. The number of nitrogens with zero attached hydrogens (tertiary/aromatic N) is 2. The number of nitro benzene ring substituents is 1. The fraction of sp³-hybridized carbons (Fsp3) is 0.0435. The molecule has 1 aromatic heterocycles. The number of non-ortho nitro benzene ring substituents is 1. The second-order valence-corrected chi connectivity index (χ2v) is 9.05. The van der Waals surface area contributed by atoms with Gasteiger partial charge in [0, 0.05) is 26.8 Å². The topological polar surface area (TPSA) is 93.7 Å². The van der Waals surface area contributed by atoms with Gasteiger partial charge in [-0.25, -0.2) is 0 Å². The van der Waals surface area contributed by atoms with Crippen LogP contribution < -0.4 is 10.3 Å². The van der Waals surface area contributed by atoms with E-state index in [4.69, 9.17) is 4.42 Å². The molecule has 3 aromatic carbocycles. The molecule has 0 N–H and O–H groups in total. The smallest absolute Gasteiger partial charge is 0.295 e. The van der Waals surface area contributed by atoms with Gasteiger partial charge in [-0.2, -0.15) is 0 Å². The molecule has 0 fully saturated rings. The first kappa shape index (κ1) is 20.6. The van der Waals surface area contributed by atoms with Gasteiger partial charge in [0.15, 0.2) is 5.43 Å². The second-order valence-electron chi connectivity index (χ2n) is 7.22. The molecule has 0 saturated carbocycles. The van der Waals surface area contributed by atoms with Gasteiger partial charge in [0.2, 0.25) is 5.76 Å². The molecule has 5 rings (SSSR count). The summed E-state index contributed by atoms with van der Waals surface area (Å²) in [6.45, 7) is 0. The number of fused-ring (bicyclic) bond motifs is 2. The van der Waals surface area contributed by atoms with E-state index < -0.39 is 16.9 Å². The van der Waals surface area contributed by atoms with Crippen LogP contribution in [0.4, 0.5) is 11.4 Å². The molecule has 0 saturated heterocycles. The van der Waals surface area contributed by atoms with Crippen molar-refractivity contribution >= 4 is 60.1 Å². The van der Waals surface area contributed by atoms with E-state index in [0.717, 1.165) is 4.47 Å². The van der Waals surface area contributed by atoms with Gasteiger partial charge < -0.3 is 4.42 Å². The minimum Gasteiger partial charge on any atom is -0.450 e. The van der Waals surface area contributed by atoms with Gasteiger partial charge >= 0.3 is 0 Å². The molecule has 1 atom stereocenters. The molecule has 158 valence electrons. The third kappa shape index (κ3) is 3.25. The fourth-order valence-electron chi connectivity index (χ4n) is 3.94. The van der Waals surface area contributed by atoms with E-state index in [1.807, 2.05) is 0 Å². The lowest BCUT2D eigenvalue weighted by atomic mass is 9.98. The van der Waals surface area contributed by atoms with Crippen LogP contribution in [0.5, 0.6) is 0 Å². The summed E-state index contributed by atoms with van der Waals surface area (Å²) in [4.78, 5) is 39.3. The van der Waals surface area contributed by atoms with Gasteiger partial charge in [-0.15, -0.1) is 0 Å². The minimum absolute atomic E-state index is 0.0655. The molecule has 2 heterocycles. The first-order valence-electron chi connectivity index (χ1n) is 9.45. The molecule has 1 aliphatic rings. The highest BCUT2D eigenvalue weighted by molar-refractivity contribution is 9.10. The Morgan fingerprint density at radius 1 is 0.938 bits per heavy atom. The molecule has 0 bridgehead atoms. The highest BCUT2D eigenvalue weighted by atomic mass is 79.9. The predicted octanol–water partition coefficient (Wildman–Crippen LogP) is 5.98. The van der Waals surface area contributed by atoms with Crippen LogP contribution in [-0.4, -0.2) is 10.8 Å². The summed E-state index contributed by atoms with van der Waals surface area (Å²) >= 11 is 6.74. The molecule has 0 aliphatic carbocycles. The van der Waals surface area contributed by atoms with E-state index in [1.54, 1.807) is 48.5 Å². The summed E-state index contributed by atoms with van der Waals surface area (Å²) in [5, 5.41) is 11.7. The summed E-state index contributed by atoms with van der Waals surface area (Å²) < 4.78 is 7.42. The second kappa shape index (κ2) is 7.68. The van der Waals surface area contributed by atoms with E-state index in [9.17, 15) is 19.7 Å². The number of benzene rings is 3. The van der Waals surface area contributed by atoms with Gasteiger partial charge in [0.1, 0.15) is 5.58 Å². The summed E-state index contributed by atoms with van der Waals surface area (Å²) in [5.74, 6) is -0.551. The quantitative estimate of drug-likeness (QED) is 0.229. The van der Waals surface area contributed by atoms with Crippen molar-refractivity contribution in [1.82, 2.24) is 0 Å². The summed E-state index contributed by atoms with van der Waals surface area (Å²) in [6.07, 6.45) is 0. The molecule has 9 heteroatoms. The zero-order valence-corrected chi connectivity index (χ0v) is 19.3. The van der Waals surface area contributed by atoms with Gasteiger partial charge in [-0.1, -0.05) is 44.0 Å². The van der Waals surface area contributed by atoms with Crippen LogP contribution in [0, 0.1) is 10.1 Å². The third-order valence-electron chi connectivity index (χ3n) is 5.33. The lowest BCUT2D eigenvalue weighted by Gasteiger charge is -2.25. The van der Waals surface area contributed by atoms with Gasteiger partial charge in [-0.3, -0.25) is 24.6 Å². The monoisotopic (exact) mass is 554 g/mol. The molecule has 4 aromatic rings. The van der Waals surface area contributed by atoms with Gasteiger partial charge in [-0.05, 0) is 48.0 Å². The van der Waals surface area contributed by atoms with E-state index in [1.165, 1.54) is 23.1 Å². The molecule has 32 heavy (non-hydrogen) atoms. The van der Waals surface area contributed by atoms with E-state index in [2.05, 4.69) is 31.9 Å². The van der Waals surface area contributed by atoms with Crippen molar-refractivity contribution in [2.75, 3.05) is 4.90 Å². The largest absolute Gasteiger partial charge is 0.450 e. The minimum atomic E-state index is -0.877. The van der Waals surface area contributed by atoms with Crippen LogP contribution in [0.15, 0.2) is 84.9 Å². The normalized spacial score (nSPS) is 15.2. The third-order valence-corrected chi connectivity index (χ3v) is 6.36. The molecule has 1 unspecified atom stereocenters. The Morgan fingerprint density at radius 2 is 1.66 bits per heavy atom. The van der Waals surface area contributed by atoms with E-state index in [0.29, 0.717) is 26.7 Å². The van der Waals surface area contributed by atoms with Gasteiger partial charge in [0.05, 0.1) is 21.9 Å². The van der Waals surface area contributed by atoms with Crippen LogP contribution in [-0.2, 0) is 0 Å². The Hall–Kier alpha value is -3.30. The number of hydrogen-bond donors (Lipinski definition) is 0. The zero-order valence-electron chi connectivity index (χ0n) is 16.1. The molecule has 0 radical (unpaired) electrons. The average Bonchev–Trinajstić information content (AvgIpc) is 3.07. The molecule has 1 aliphatic heterocycles. The maximum Gasteiger partial charge on any atom is 0.295 e. The van der Waals surface area contributed by atoms with Crippen molar-refractivity contribution in [3.63, 3.8) is 0 Å². The number of halogens is 2.